The molecule has 0 bridgehead atoms. The highest BCUT2D eigenvalue weighted by molar-refractivity contribution is 8.03. The summed E-state index contributed by atoms with van der Waals surface area (Å²) < 4.78 is 0. The lowest BCUT2D eigenvalue weighted by atomic mass is 10.1. The normalized spacial score (nSPS) is 22.4. The van der Waals surface area contributed by atoms with Gasteiger partial charge in [-0.2, -0.15) is 0 Å². The summed E-state index contributed by atoms with van der Waals surface area (Å²) in [6, 6.07) is 6.55. The molecule has 1 aromatic rings. The standard InChI is InChI=1S/C13H14N2S/c1-15-10-4-2-3-5-12(10)16-13-8-9(14)6-7-11(13)15/h2,4-8,10H,3,14H2,1H3. The van der Waals surface area contributed by atoms with Crippen molar-refractivity contribution in [2.75, 3.05) is 17.7 Å². The minimum atomic E-state index is 0.412. The second kappa shape index (κ2) is 3.59. The van der Waals surface area contributed by atoms with Crippen LogP contribution in [0.1, 0.15) is 6.42 Å². The number of thioether (sulfide) groups is 1. The van der Waals surface area contributed by atoms with Gasteiger partial charge in [0.25, 0.3) is 0 Å². The van der Waals surface area contributed by atoms with Crippen molar-refractivity contribution in [1.29, 1.82) is 0 Å². The van der Waals surface area contributed by atoms with Crippen LogP contribution in [0.15, 0.2) is 46.2 Å². The Morgan fingerprint density at radius 2 is 2.31 bits per heavy atom. The minimum absolute atomic E-state index is 0.412. The van der Waals surface area contributed by atoms with Crippen molar-refractivity contribution in [1.82, 2.24) is 0 Å². The van der Waals surface area contributed by atoms with Crippen LogP contribution in [-0.4, -0.2) is 13.1 Å². The van der Waals surface area contributed by atoms with E-state index in [9.17, 15) is 0 Å². The molecule has 2 N–H and O–H groups in total. The van der Waals surface area contributed by atoms with E-state index in [-0.39, 0.29) is 0 Å². The molecule has 1 aliphatic heterocycles. The number of likely N-dealkylation sites (N-methyl/N-ethyl adjacent to an activating group) is 1. The minimum Gasteiger partial charge on any atom is -0.399 e. The van der Waals surface area contributed by atoms with Gasteiger partial charge in [0.1, 0.15) is 0 Å². The monoisotopic (exact) mass is 230 g/mol. The van der Waals surface area contributed by atoms with Crippen molar-refractivity contribution < 1.29 is 0 Å². The van der Waals surface area contributed by atoms with Gasteiger partial charge in [0, 0.05) is 22.5 Å². The maximum Gasteiger partial charge on any atom is 0.0782 e. The molecule has 3 heteroatoms. The Bertz CT molecular complexity index is 491. The van der Waals surface area contributed by atoms with Gasteiger partial charge in [0.15, 0.2) is 0 Å². The quantitative estimate of drug-likeness (QED) is 0.548. The van der Waals surface area contributed by atoms with Crippen molar-refractivity contribution in [2.24, 2.45) is 0 Å². The summed E-state index contributed by atoms with van der Waals surface area (Å²) in [5.74, 6) is 0. The summed E-state index contributed by atoms with van der Waals surface area (Å²) >= 11 is 1.85. The van der Waals surface area contributed by atoms with E-state index in [4.69, 9.17) is 5.73 Å². The Morgan fingerprint density at radius 1 is 1.44 bits per heavy atom. The fraction of sp³-hybridized carbons (Fsp3) is 0.231. The Labute approximate surface area is 99.8 Å². The molecule has 0 amide bonds. The van der Waals surface area contributed by atoms with E-state index >= 15 is 0 Å². The first-order valence-corrected chi connectivity index (χ1v) is 6.24. The average Bonchev–Trinajstić information content (AvgIpc) is 2.29. The number of nitrogen functional groups attached to an aromatic ring is 1. The van der Waals surface area contributed by atoms with E-state index in [0.717, 1.165) is 12.1 Å². The summed E-state index contributed by atoms with van der Waals surface area (Å²) in [4.78, 5) is 5.00. The molecular formula is C13H14N2S. The van der Waals surface area contributed by atoms with Gasteiger partial charge in [-0.15, -0.1) is 0 Å². The number of nitrogens with two attached hydrogens (primary N) is 1. The highest BCUT2D eigenvalue weighted by atomic mass is 32.2. The molecule has 0 aromatic heterocycles. The smallest absolute Gasteiger partial charge is 0.0782 e. The van der Waals surface area contributed by atoms with E-state index < -0.39 is 0 Å². The van der Waals surface area contributed by atoms with Crippen LogP contribution in [0.5, 0.6) is 0 Å². The number of hydrogen-bond acceptors (Lipinski definition) is 3. The second-order valence-electron chi connectivity index (χ2n) is 4.16. The number of rotatable bonds is 0. The van der Waals surface area contributed by atoms with Gasteiger partial charge in [-0.05, 0) is 24.6 Å². The SMILES string of the molecule is CN1c2ccc(N)cc2SC2=CCC=CC21. The maximum atomic E-state index is 5.83. The van der Waals surface area contributed by atoms with Crippen molar-refractivity contribution in [3.8, 4) is 0 Å². The lowest BCUT2D eigenvalue weighted by Gasteiger charge is -2.37. The highest BCUT2D eigenvalue weighted by Gasteiger charge is 2.27. The third-order valence-corrected chi connectivity index (χ3v) is 4.26. The molecule has 0 radical (unpaired) electrons. The largest absolute Gasteiger partial charge is 0.399 e. The molecule has 16 heavy (non-hydrogen) atoms. The molecule has 82 valence electrons. The van der Waals surface area contributed by atoms with Crippen LogP contribution >= 0.6 is 11.8 Å². The first-order chi connectivity index (χ1) is 7.75. The number of nitrogens with zero attached hydrogens (tertiary/aromatic N) is 1. The molecule has 0 fully saturated rings. The number of anilines is 2. The van der Waals surface area contributed by atoms with Crippen LogP contribution in [0.2, 0.25) is 0 Å². The molecule has 0 spiro atoms. The average molecular weight is 230 g/mol. The summed E-state index contributed by atoms with van der Waals surface area (Å²) in [5, 5.41) is 0. The van der Waals surface area contributed by atoms with E-state index in [0.29, 0.717) is 6.04 Å². The van der Waals surface area contributed by atoms with Gasteiger partial charge >= 0.3 is 0 Å². The molecule has 1 aromatic carbocycles. The maximum absolute atomic E-state index is 5.83. The van der Waals surface area contributed by atoms with Gasteiger partial charge in [-0.3, -0.25) is 0 Å². The molecule has 3 rings (SSSR count). The zero-order valence-corrected chi connectivity index (χ0v) is 10.00. The van der Waals surface area contributed by atoms with Crippen molar-refractivity contribution in [2.45, 2.75) is 17.4 Å². The first-order valence-electron chi connectivity index (χ1n) is 5.42. The van der Waals surface area contributed by atoms with Crippen molar-refractivity contribution in [3.63, 3.8) is 0 Å². The lowest BCUT2D eigenvalue weighted by molar-refractivity contribution is 0.845. The molecule has 1 aliphatic carbocycles. The lowest BCUT2D eigenvalue weighted by Crippen LogP contribution is -2.34. The van der Waals surface area contributed by atoms with E-state index in [1.807, 2.05) is 17.8 Å². The molecular weight excluding hydrogens is 216 g/mol. The Morgan fingerprint density at radius 3 is 3.19 bits per heavy atom. The molecule has 2 aliphatic rings. The summed E-state index contributed by atoms with van der Waals surface area (Å²) in [5.41, 5.74) is 7.94. The Hall–Kier alpha value is -1.35. The van der Waals surface area contributed by atoms with Crippen molar-refractivity contribution >= 4 is 23.1 Å². The third kappa shape index (κ3) is 1.43. The van der Waals surface area contributed by atoms with E-state index in [1.165, 1.54) is 15.5 Å². The van der Waals surface area contributed by atoms with Crippen LogP contribution < -0.4 is 10.6 Å². The van der Waals surface area contributed by atoms with Gasteiger partial charge in [-0.1, -0.05) is 30.0 Å². The summed E-state index contributed by atoms with van der Waals surface area (Å²) in [7, 11) is 2.14. The third-order valence-electron chi connectivity index (χ3n) is 3.07. The number of benzene rings is 1. The molecule has 1 unspecified atom stereocenters. The zero-order chi connectivity index (χ0) is 11.1. The van der Waals surface area contributed by atoms with Crippen LogP contribution in [0, 0.1) is 0 Å². The first kappa shape index (κ1) is 9.85. The predicted octanol–water partition coefficient (Wildman–Crippen LogP) is 3.02. The summed E-state index contributed by atoms with van der Waals surface area (Å²) in [6.07, 6.45) is 7.86. The molecule has 1 atom stereocenters. The molecule has 2 nitrogen and oxygen atoms in total. The fourth-order valence-corrected chi connectivity index (χ4v) is 3.51. The Kier molecular flexibility index (Phi) is 2.21. The number of allylic oxidation sites excluding steroid dienone is 2. The summed E-state index contributed by atoms with van der Waals surface area (Å²) in [6.45, 7) is 0. The topological polar surface area (TPSA) is 29.3 Å². The fourth-order valence-electron chi connectivity index (χ4n) is 2.21. The molecule has 0 saturated heterocycles. The second-order valence-corrected chi connectivity index (χ2v) is 5.27. The Balaban J connectivity index is 2.10. The van der Waals surface area contributed by atoms with Gasteiger partial charge in [0.05, 0.1) is 11.7 Å². The van der Waals surface area contributed by atoms with Crippen LogP contribution in [-0.2, 0) is 0 Å². The number of hydrogen-bond donors (Lipinski definition) is 1. The molecule has 1 heterocycles. The van der Waals surface area contributed by atoms with E-state index in [2.05, 4.69) is 42.3 Å². The predicted molar refractivity (Wildman–Crippen MR) is 70.7 cm³/mol. The molecule has 0 saturated carbocycles. The van der Waals surface area contributed by atoms with Crippen molar-refractivity contribution in [3.05, 3.63) is 41.3 Å². The van der Waals surface area contributed by atoms with E-state index in [1.54, 1.807) is 0 Å². The van der Waals surface area contributed by atoms with Gasteiger partial charge in [-0.25, -0.2) is 0 Å². The van der Waals surface area contributed by atoms with Gasteiger partial charge < -0.3 is 10.6 Å². The number of fused-ring (bicyclic) bond motifs is 2. The van der Waals surface area contributed by atoms with Crippen LogP contribution in [0.25, 0.3) is 0 Å². The zero-order valence-electron chi connectivity index (χ0n) is 9.18. The highest BCUT2D eigenvalue weighted by Crippen LogP contribution is 2.45. The van der Waals surface area contributed by atoms with Crippen LogP contribution in [0.4, 0.5) is 11.4 Å². The van der Waals surface area contributed by atoms with Gasteiger partial charge in [0.2, 0.25) is 0 Å². The van der Waals surface area contributed by atoms with Crippen LogP contribution in [0.3, 0.4) is 0 Å².